The predicted octanol–water partition coefficient (Wildman–Crippen LogP) is 2.07. The Bertz CT molecular complexity index is 372. The van der Waals surface area contributed by atoms with E-state index in [4.69, 9.17) is 12.2 Å². The van der Waals surface area contributed by atoms with Crippen LogP contribution in [0.1, 0.15) is 18.2 Å². The molecule has 3 nitrogen and oxygen atoms in total. The van der Waals surface area contributed by atoms with E-state index in [2.05, 4.69) is 27.3 Å². The van der Waals surface area contributed by atoms with E-state index in [9.17, 15) is 0 Å². The minimum Gasteiger partial charge on any atom is -0.285 e. The van der Waals surface area contributed by atoms with Crippen LogP contribution in [0.3, 0.4) is 0 Å². The Hall–Kier alpha value is -1.16. The third-order valence-electron chi connectivity index (χ3n) is 1.85. The number of hydrogen-bond donors (Lipinski definition) is 2. The number of aromatic nitrogens is 3. The third-order valence-corrected chi connectivity index (χ3v) is 2.04. The summed E-state index contributed by atoms with van der Waals surface area (Å²) in [4.78, 5) is 4.15. The topological polar surface area (TPSA) is 44.5 Å². The third kappa shape index (κ3) is 1.38. The highest BCUT2D eigenvalue weighted by atomic mass is 32.1. The van der Waals surface area contributed by atoms with E-state index < -0.39 is 0 Å². The maximum Gasteiger partial charge on any atom is 0.213 e. The van der Waals surface area contributed by atoms with E-state index in [1.165, 1.54) is 0 Å². The minimum atomic E-state index is 0.350. The number of allylic oxidation sites excluding steroid dienone is 4. The maximum atomic E-state index is 4.86. The van der Waals surface area contributed by atoms with Gasteiger partial charge in [0.15, 0.2) is 0 Å². The summed E-state index contributed by atoms with van der Waals surface area (Å²) >= 11 is 4.86. The molecule has 0 aliphatic heterocycles. The first kappa shape index (κ1) is 7.49. The van der Waals surface area contributed by atoms with Gasteiger partial charge in [0.05, 0.1) is 0 Å². The molecule has 1 unspecified atom stereocenters. The fraction of sp³-hybridized carbons (Fsp3) is 0.250. The van der Waals surface area contributed by atoms with Crippen molar-refractivity contribution in [3.8, 4) is 0 Å². The monoisotopic (exact) mass is 179 g/mol. The van der Waals surface area contributed by atoms with Crippen LogP contribution in [0.4, 0.5) is 0 Å². The van der Waals surface area contributed by atoms with Gasteiger partial charge >= 0.3 is 0 Å². The molecule has 0 saturated heterocycles. The number of nitrogens with one attached hydrogen (secondary N) is 2. The lowest BCUT2D eigenvalue weighted by atomic mass is 10.0. The highest BCUT2D eigenvalue weighted by Gasteiger charge is 2.10. The van der Waals surface area contributed by atoms with Crippen molar-refractivity contribution in [2.75, 3.05) is 0 Å². The number of nitrogens with zero attached hydrogens (tertiary/aromatic N) is 1. The van der Waals surface area contributed by atoms with Crippen molar-refractivity contribution < 1.29 is 0 Å². The number of aromatic amines is 2. The van der Waals surface area contributed by atoms with Crippen LogP contribution in [0.5, 0.6) is 0 Å². The summed E-state index contributed by atoms with van der Waals surface area (Å²) in [6, 6.07) is 0. The first-order valence-corrected chi connectivity index (χ1v) is 4.25. The van der Waals surface area contributed by atoms with Gasteiger partial charge in [0, 0.05) is 5.92 Å². The van der Waals surface area contributed by atoms with E-state index in [1.54, 1.807) is 0 Å². The maximum absolute atomic E-state index is 4.86. The van der Waals surface area contributed by atoms with Gasteiger partial charge in [-0.15, -0.1) is 0 Å². The molecule has 1 aromatic heterocycles. The largest absolute Gasteiger partial charge is 0.285 e. The van der Waals surface area contributed by atoms with Crippen molar-refractivity contribution >= 4 is 12.2 Å². The van der Waals surface area contributed by atoms with Crippen molar-refractivity contribution in [1.29, 1.82) is 0 Å². The zero-order valence-electron chi connectivity index (χ0n) is 6.45. The van der Waals surface area contributed by atoms with Crippen molar-refractivity contribution in [2.24, 2.45) is 0 Å². The highest BCUT2D eigenvalue weighted by Crippen LogP contribution is 2.20. The SMILES string of the molecule is S=c1nc(C2C=CC=CC2)[nH][nH]1. The zero-order valence-corrected chi connectivity index (χ0v) is 7.27. The smallest absolute Gasteiger partial charge is 0.213 e. The number of hydrogen-bond acceptors (Lipinski definition) is 2. The average molecular weight is 179 g/mol. The van der Waals surface area contributed by atoms with Crippen molar-refractivity contribution in [3.63, 3.8) is 0 Å². The van der Waals surface area contributed by atoms with Gasteiger partial charge in [0.1, 0.15) is 5.82 Å². The molecule has 0 amide bonds. The van der Waals surface area contributed by atoms with Gasteiger partial charge in [0.2, 0.25) is 4.77 Å². The van der Waals surface area contributed by atoms with E-state index in [0.29, 0.717) is 10.7 Å². The molecule has 12 heavy (non-hydrogen) atoms. The van der Waals surface area contributed by atoms with Crippen molar-refractivity contribution in [1.82, 2.24) is 15.2 Å². The standard InChI is InChI=1S/C8H9N3S/c12-8-9-7(10-11-8)6-4-2-1-3-5-6/h1-4,6H,5H2,(H2,9,10,11,12). The fourth-order valence-corrected chi connectivity index (χ4v) is 1.39. The van der Waals surface area contributed by atoms with Crippen LogP contribution in [0.2, 0.25) is 0 Å². The lowest BCUT2D eigenvalue weighted by molar-refractivity contribution is 0.778. The molecule has 2 N–H and O–H groups in total. The van der Waals surface area contributed by atoms with E-state index in [0.717, 1.165) is 12.2 Å². The second-order valence-electron chi connectivity index (χ2n) is 2.71. The molecule has 62 valence electrons. The Morgan fingerprint density at radius 1 is 1.42 bits per heavy atom. The number of H-pyrrole nitrogens is 2. The average Bonchev–Trinajstić information content (AvgIpc) is 2.54. The molecule has 1 atom stereocenters. The summed E-state index contributed by atoms with van der Waals surface area (Å²) in [5, 5.41) is 5.74. The quantitative estimate of drug-likeness (QED) is 0.648. The Morgan fingerprint density at radius 3 is 2.92 bits per heavy atom. The van der Waals surface area contributed by atoms with Crippen molar-refractivity contribution in [3.05, 3.63) is 34.9 Å². The summed E-state index contributed by atoms with van der Waals surface area (Å²) in [6.45, 7) is 0. The van der Waals surface area contributed by atoms with E-state index in [1.807, 2.05) is 12.2 Å². The van der Waals surface area contributed by atoms with E-state index >= 15 is 0 Å². The van der Waals surface area contributed by atoms with Gasteiger partial charge in [0.25, 0.3) is 0 Å². The molecule has 1 aromatic rings. The molecule has 1 heterocycles. The lowest BCUT2D eigenvalue weighted by Gasteiger charge is -2.07. The van der Waals surface area contributed by atoms with E-state index in [-0.39, 0.29) is 0 Å². The predicted molar refractivity (Wildman–Crippen MR) is 49.4 cm³/mol. The van der Waals surface area contributed by atoms with Gasteiger partial charge in [-0.25, -0.2) is 4.98 Å². The first-order chi connectivity index (χ1) is 5.86. The fourth-order valence-electron chi connectivity index (χ4n) is 1.24. The Balaban J connectivity index is 2.26. The van der Waals surface area contributed by atoms with Crippen LogP contribution in [0.15, 0.2) is 24.3 Å². The summed E-state index contributed by atoms with van der Waals surface area (Å²) in [5.74, 6) is 1.27. The molecular weight excluding hydrogens is 170 g/mol. The minimum absolute atomic E-state index is 0.350. The molecule has 0 bridgehead atoms. The van der Waals surface area contributed by atoms with Crippen LogP contribution < -0.4 is 0 Å². The van der Waals surface area contributed by atoms with Crippen molar-refractivity contribution in [2.45, 2.75) is 12.3 Å². The van der Waals surface area contributed by atoms with Gasteiger partial charge in [-0.05, 0) is 18.6 Å². The van der Waals surface area contributed by atoms with Crippen LogP contribution in [-0.4, -0.2) is 15.2 Å². The van der Waals surface area contributed by atoms with Gasteiger partial charge in [-0.1, -0.05) is 24.3 Å². The Labute approximate surface area is 75.2 Å². The zero-order chi connectivity index (χ0) is 8.39. The number of rotatable bonds is 1. The molecule has 0 fully saturated rings. The Morgan fingerprint density at radius 2 is 2.33 bits per heavy atom. The summed E-state index contributed by atoms with van der Waals surface area (Å²) in [6.07, 6.45) is 9.29. The second kappa shape index (κ2) is 3.06. The molecule has 4 heteroatoms. The molecule has 2 rings (SSSR count). The summed E-state index contributed by atoms with van der Waals surface area (Å²) in [5.41, 5.74) is 0. The van der Waals surface area contributed by atoms with Crippen LogP contribution in [0.25, 0.3) is 0 Å². The normalized spacial score (nSPS) is 21.5. The molecule has 0 saturated carbocycles. The molecule has 0 aromatic carbocycles. The lowest BCUT2D eigenvalue weighted by Crippen LogP contribution is -1.98. The second-order valence-corrected chi connectivity index (χ2v) is 3.09. The highest BCUT2D eigenvalue weighted by molar-refractivity contribution is 7.71. The molecule has 1 aliphatic rings. The summed E-state index contributed by atoms with van der Waals surface area (Å²) < 4.78 is 0.521. The van der Waals surface area contributed by atoms with Gasteiger partial charge < -0.3 is 0 Å². The van der Waals surface area contributed by atoms with Gasteiger partial charge in [-0.2, -0.15) is 0 Å². The Kier molecular flexibility index (Phi) is 1.91. The molecular formula is C8H9N3S. The molecule has 0 radical (unpaired) electrons. The summed E-state index contributed by atoms with van der Waals surface area (Å²) in [7, 11) is 0. The first-order valence-electron chi connectivity index (χ1n) is 3.84. The molecule has 1 aliphatic carbocycles. The van der Waals surface area contributed by atoms with Crippen LogP contribution in [-0.2, 0) is 0 Å². The van der Waals surface area contributed by atoms with Crippen LogP contribution in [0, 0.1) is 4.77 Å². The van der Waals surface area contributed by atoms with Gasteiger partial charge in [-0.3, -0.25) is 10.2 Å². The van der Waals surface area contributed by atoms with Crippen LogP contribution >= 0.6 is 12.2 Å². The molecule has 0 spiro atoms.